The Morgan fingerprint density at radius 1 is 0.107 bits per heavy atom. The van der Waals surface area contributed by atoms with Crippen LogP contribution in [0.4, 0.5) is 0 Å². The zero-order chi connectivity index (χ0) is 99.8. The predicted molar refractivity (Wildman–Crippen MR) is 623 cm³/mol. The van der Waals surface area contributed by atoms with Gasteiger partial charge in [0.15, 0.2) is 0 Å². The molecule has 0 aliphatic carbocycles. The van der Waals surface area contributed by atoms with Crippen LogP contribution >= 0.6 is 0 Å². The summed E-state index contributed by atoms with van der Waals surface area (Å²) in [6, 6.07) is 199. The van der Waals surface area contributed by atoms with Gasteiger partial charge in [0.2, 0.25) is 0 Å². The molecule has 9 heteroatoms. The first-order valence-electron chi connectivity index (χ1n) is 50.6. The lowest BCUT2D eigenvalue weighted by Gasteiger charge is -2.10. The molecule has 698 valence electrons. The molecule has 0 atom stereocenters. The number of aromatic nitrogens is 6. The minimum absolute atomic E-state index is 0.665. The Morgan fingerprint density at radius 2 is 0.253 bits per heavy atom. The summed E-state index contributed by atoms with van der Waals surface area (Å²) in [7, 11) is 0. The largest absolute Gasteiger partial charge is 0.309 e. The van der Waals surface area contributed by atoms with Crippen LogP contribution in [0.5, 0.6) is 0 Å². The number of hydrogen-bond donors (Lipinski definition) is 0. The molecule has 0 unspecified atom stereocenters. The molecule has 0 saturated heterocycles. The third kappa shape index (κ3) is 15.6. The lowest BCUT2D eigenvalue weighted by Crippen LogP contribution is -1.93. The second kappa shape index (κ2) is 37.3. The summed E-state index contributed by atoms with van der Waals surface area (Å²) in [4.78, 5) is 0. The number of rotatable bonds is 14. The number of nitrogens with zero attached hydrogens (tertiary/aromatic N) is 9. The maximum Gasteiger partial charge on any atom is 0.0991 e. The van der Waals surface area contributed by atoms with Crippen molar-refractivity contribution in [3.05, 3.63) is 557 Å². The maximum absolute atomic E-state index is 9.30. The van der Waals surface area contributed by atoms with Crippen LogP contribution in [0.15, 0.2) is 540 Å². The van der Waals surface area contributed by atoms with Crippen molar-refractivity contribution >= 4 is 131 Å². The molecule has 6 aromatic heterocycles. The van der Waals surface area contributed by atoms with Gasteiger partial charge in [-0.25, -0.2) is 0 Å². The number of benzene rings is 23. The Kier molecular flexibility index (Phi) is 21.9. The molecule has 29 aromatic rings. The van der Waals surface area contributed by atoms with E-state index in [4.69, 9.17) is 0 Å². The van der Waals surface area contributed by atoms with Gasteiger partial charge in [0.05, 0.1) is 101 Å². The van der Waals surface area contributed by atoms with E-state index in [0.717, 1.165) is 78.5 Å². The highest BCUT2D eigenvalue weighted by molar-refractivity contribution is 6.18. The van der Waals surface area contributed by atoms with Crippen molar-refractivity contribution in [2.24, 2.45) is 0 Å². The van der Waals surface area contributed by atoms with Crippen molar-refractivity contribution in [1.29, 1.82) is 15.8 Å². The zero-order valence-corrected chi connectivity index (χ0v) is 81.4. The second-order valence-electron chi connectivity index (χ2n) is 38.4. The van der Waals surface area contributed by atoms with Crippen LogP contribution in [0.3, 0.4) is 0 Å². The quantitative estimate of drug-likeness (QED) is 0.108. The molecule has 29 rings (SSSR count). The molecule has 0 bridgehead atoms. The van der Waals surface area contributed by atoms with Gasteiger partial charge in [-0.2, -0.15) is 15.8 Å². The lowest BCUT2D eigenvalue weighted by molar-refractivity contribution is 1.18. The third-order valence-electron chi connectivity index (χ3n) is 29.9. The maximum atomic E-state index is 9.30. The number of para-hydroxylation sites is 9. The van der Waals surface area contributed by atoms with E-state index >= 15 is 0 Å². The van der Waals surface area contributed by atoms with E-state index in [1.165, 1.54) is 176 Å². The molecule has 6 heterocycles. The van der Waals surface area contributed by atoms with Crippen LogP contribution in [0.1, 0.15) is 16.7 Å². The fourth-order valence-electron chi connectivity index (χ4n) is 22.7. The average Bonchev–Trinajstić information content (AvgIpc) is 1.55. The molecule has 9 nitrogen and oxygen atoms in total. The van der Waals surface area contributed by atoms with Crippen LogP contribution in [-0.2, 0) is 0 Å². The molecular weight excluding hydrogens is 1820 g/mol. The van der Waals surface area contributed by atoms with Gasteiger partial charge in [-0.15, -0.1) is 0 Å². The molecule has 0 spiro atoms. The SMILES string of the molecule is N#Cc1ccc(-c2ccc(-n3c4ccccc4c4cc(-c5ccc(-c6ccc7c(c6)c6ccccc6n7-c6ccccc6)cc5)ccc43)cc2)cc1.N#Cc1ccc(-c2ccc3c(c2)c2cc(-c4ccc5c(c4)c4ccccc4n5-c4ccccc4)ccc2n3-c2ccccc2)cc1.N#Cc1ccc(-c2cccc(-c3ccc4c(c3)c3cc(-c5ccc6c(c5)c5ccccc5n6-c5ccccc5)ccc3n4-c3ccccc3)c2)cc1. The van der Waals surface area contributed by atoms with Crippen molar-refractivity contribution in [2.45, 2.75) is 0 Å². The number of fused-ring (bicyclic) bond motifs is 18. The fourth-order valence-corrected chi connectivity index (χ4v) is 22.7. The zero-order valence-electron chi connectivity index (χ0n) is 81.4. The summed E-state index contributed by atoms with van der Waals surface area (Å²) in [6.45, 7) is 0. The minimum atomic E-state index is 0.665. The van der Waals surface area contributed by atoms with Crippen molar-refractivity contribution in [3.8, 4) is 141 Å². The topological polar surface area (TPSA) is 101 Å². The molecule has 0 aliphatic heterocycles. The third-order valence-corrected chi connectivity index (χ3v) is 29.9. The first-order chi connectivity index (χ1) is 74.2. The second-order valence-corrected chi connectivity index (χ2v) is 38.4. The number of nitriles is 3. The predicted octanol–water partition coefficient (Wildman–Crippen LogP) is 36.6. The summed E-state index contributed by atoms with van der Waals surface area (Å²) in [6.07, 6.45) is 0. The molecule has 150 heavy (non-hydrogen) atoms. The Labute approximate surface area is 865 Å². The van der Waals surface area contributed by atoms with Crippen LogP contribution in [-0.4, -0.2) is 27.4 Å². The van der Waals surface area contributed by atoms with Crippen molar-refractivity contribution in [1.82, 2.24) is 27.4 Å². The molecule has 0 radical (unpaired) electrons. The van der Waals surface area contributed by atoms with Crippen molar-refractivity contribution in [2.75, 3.05) is 0 Å². The van der Waals surface area contributed by atoms with E-state index in [1.807, 2.05) is 72.8 Å². The Hall–Kier alpha value is -20.7. The van der Waals surface area contributed by atoms with Gasteiger partial charge in [0, 0.05) is 98.8 Å². The van der Waals surface area contributed by atoms with Gasteiger partial charge in [-0.3, -0.25) is 0 Å². The summed E-state index contributed by atoms with van der Waals surface area (Å²) < 4.78 is 14.2. The highest BCUT2D eigenvalue weighted by atomic mass is 15.0. The van der Waals surface area contributed by atoms with Crippen LogP contribution < -0.4 is 0 Å². The smallest absolute Gasteiger partial charge is 0.0991 e. The molecule has 0 saturated carbocycles. The average molecular weight is 1910 g/mol. The summed E-state index contributed by atoms with van der Waals surface area (Å²) in [5.41, 5.74) is 41.7. The molecule has 0 N–H and O–H groups in total. The van der Waals surface area contributed by atoms with Gasteiger partial charge >= 0.3 is 0 Å². The van der Waals surface area contributed by atoms with E-state index in [9.17, 15) is 15.8 Å². The van der Waals surface area contributed by atoms with E-state index in [-0.39, 0.29) is 0 Å². The van der Waals surface area contributed by atoms with Gasteiger partial charge in [-0.05, 0) is 326 Å². The van der Waals surface area contributed by atoms with Gasteiger partial charge in [0.25, 0.3) is 0 Å². The van der Waals surface area contributed by atoms with Crippen LogP contribution in [0.25, 0.3) is 254 Å². The molecular formula is C141H89N9. The molecule has 23 aromatic carbocycles. The summed E-state index contributed by atoms with van der Waals surface area (Å²) in [5, 5.41) is 42.6. The molecule has 0 fully saturated rings. The highest BCUT2D eigenvalue weighted by Gasteiger charge is 2.24. The van der Waals surface area contributed by atoms with Gasteiger partial charge < -0.3 is 27.4 Å². The standard InChI is InChI=1S/2C49H31N3.C43H27N3/c50-32-33-18-20-34(21-19-33)35-10-9-11-36(28-35)37-22-26-48-44(30-37)45-31-39(24-27-49(45)52(48)41-14-5-2-6-15-41)38-23-25-47-43(29-38)42-16-7-8-17-46(42)51(47)40-12-3-1-4-13-40;50-32-33-14-16-34(17-15-33)35-22-26-41(27-23-35)52-47-13-7-5-11-43(47)45-31-39(25-29-49(45)52)37-20-18-36(19-21-37)38-24-28-48-44(30-38)42-10-4-6-12-46(42)51(48)40-8-2-1-3-9-40;44-28-29-15-17-30(18-16-29)31-19-22-42-38(25-31)39-27-33(21-24-43(39)46(42)35-11-5-2-6-12-35)32-20-23-41-37(26-32)36-13-7-8-14-40(36)45(41)34-9-3-1-4-10-34/h2*1-31H;1-27H. The Bertz CT molecular complexity index is 10500. The van der Waals surface area contributed by atoms with Gasteiger partial charge in [-0.1, -0.05) is 303 Å². The summed E-state index contributed by atoms with van der Waals surface area (Å²) >= 11 is 0. The first kappa shape index (κ1) is 88.3. The van der Waals surface area contributed by atoms with E-state index in [1.54, 1.807) is 0 Å². The van der Waals surface area contributed by atoms with E-state index in [0.29, 0.717) is 16.7 Å². The molecule has 0 aliphatic rings. The fraction of sp³-hybridized carbons (Fsp3) is 0. The normalized spacial score (nSPS) is 11.4. The van der Waals surface area contributed by atoms with Gasteiger partial charge in [0.1, 0.15) is 0 Å². The van der Waals surface area contributed by atoms with E-state index < -0.39 is 0 Å². The van der Waals surface area contributed by atoms with Crippen molar-refractivity contribution < 1.29 is 0 Å². The first-order valence-corrected chi connectivity index (χ1v) is 50.6. The monoisotopic (exact) mass is 1910 g/mol. The summed E-state index contributed by atoms with van der Waals surface area (Å²) in [5.74, 6) is 0. The minimum Gasteiger partial charge on any atom is -0.309 e. The van der Waals surface area contributed by atoms with Crippen molar-refractivity contribution in [3.63, 3.8) is 0 Å². The van der Waals surface area contributed by atoms with Crippen LogP contribution in [0, 0.1) is 34.0 Å². The van der Waals surface area contributed by atoms with E-state index in [2.05, 4.69) is 513 Å². The van der Waals surface area contributed by atoms with Crippen LogP contribution in [0.2, 0.25) is 0 Å². The highest BCUT2D eigenvalue weighted by Crippen LogP contribution is 2.46. The molecule has 0 amide bonds. The Morgan fingerprint density at radius 3 is 0.473 bits per heavy atom. The Balaban J connectivity index is 0.000000111. The lowest BCUT2D eigenvalue weighted by atomic mass is 9.97. The number of hydrogen-bond acceptors (Lipinski definition) is 3.